The van der Waals surface area contributed by atoms with Crippen LogP contribution in [0.2, 0.25) is 0 Å². The third-order valence-corrected chi connectivity index (χ3v) is 10.3. The van der Waals surface area contributed by atoms with Crippen molar-refractivity contribution in [2.75, 3.05) is 0 Å². The van der Waals surface area contributed by atoms with Crippen LogP contribution in [0.15, 0.2) is 72.4 Å². The van der Waals surface area contributed by atoms with E-state index >= 15 is 0 Å². The summed E-state index contributed by atoms with van der Waals surface area (Å²) in [6.45, 7) is 15.7. The molecule has 0 heterocycles. The molecule has 37 heavy (non-hydrogen) atoms. The Labute approximate surface area is 225 Å². The maximum absolute atomic E-state index is 4.45. The van der Waals surface area contributed by atoms with Crippen molar-refractivity contribution >= 4 is 6.08 Å². The minimum atomic E-state index is 0.367. The molecule has 0 spiro atoms. The number of fused-ring (bicyclic) bond motifs is 2. The molecule has 2 aromatic carbocycles. The minimum absolute atomic E-state index is 0.367. The Morgan fingerprint density at radius 1 is 0.919 bits per heavy atom. The average Bonchev–Trinajstić information content (AvgIpc) is 3.48. The van der Waals surface area contributed by atoms with E-state index in [2.05, 4.69) is 82.5 Å². The van der Waals surface area contributed by atoms with Crippen LogP contribution in [-0.4, -0.2) is 0 Å². The molecule has 0 heteroatoms. The highest BCUT2D eigenvalue weighted by Gasteiger charge is 2.36. The number of aryl methyl sites for hydroxylation is 2. The van der Waals surface area contributed by atoms with Crippen LogP contribution in [0.25, 0.3) is 17.2 Å². The fourth-order valence-electron chi connectivity index (χ4n) is 8.23. The fraction of sp³-hybridized carbons (Fsp3) is 0.459. The molecule has 2 aromatic rings. The van der Waals surface area contributed by atoms with Crippen LogP contribution in [0.1, 0.15) is 79.7 Å². The van der Waals surface area contributed by atoms with Gasteiger partial charge in [0.2, 0.25) is 0 Å². The summed E-state index contributed by atoms with van der Waals surface area (Å²) >= 11 is 0. The molecule has 4 aliphatic carbocycles. The Balaban J connectivity index is 1.28. The summed E-state index contributed by atoms with van der Waals surface area (Å²) in [6.07, 6.45) is 19.1. The van der Waals surface area contributed by atoms with Crippen molar-refractivity contribution in [2.45, 2.75) is 78.6 Å². The van der Waals surface area contributed by atoms with Gasteiger partial charge in [-0.05, 0) is 109 Å². The zero-order valence-electron chi connectivity index (χ0n) is 23.3. The van der Waals surface area contributed by atoms with E-state index in [4.69, 9.17) is 0 Å². The SMILES string of the molecule is C=C1C=CC(C)C(=C)C1CC1=Cc2cccc(-c3cc(C)cc(C)c3CC3CC4CCCCC4C3)c2C1. The summed E-state index contributed by atoms with van der Waals surface area (Å²) in [4.78, 5) is 0. The Morgan fingerprint density at radius 2 is 1.68 bits per heavy atom. The van der Waals surface area contributed by atoms with Crippen molar-refractivity contribution in [1.29, 1.82) is 0 Å². The van der Waals surface area contributed by atoms with Crippen molar-refractivity contribution in [3.63, 3.8) is 0 Å². The quantitative estimate of drug-likeness (QED) is 0.367. The molecule has 2 saturated carbocycles. The van der Waals surface area contributed by atoms with E-state index in [1.165, 1.54) is 95.0 Å². The maximum atomic E-state index is 4.45. The summed E-state index contributed by atoms with van der Waals surface area (Å²) in [6, 6.07) is 11.9. The number of benzene rings is 2. The van der Waals surface area contributed by atoms with Gasteiger partial charge >= 0.3 is 0 Å². The lowest BCUT2D eigenvalue weighted by Gasteiger charge is -2.28. The van der Waals surface area contributed by atoms with Gasteiger partial charge in [0.25, 0.3) is 0 Å². The highest BCUT2D eigenvalue weighted by atomic mass is 14.4. The van der Waals surface area contributed by atoms with E-state index in [0.29, 0.717) is 11.8 Å². The molecule has 0 bridgehead atoms. The molecule has 0 radical (unpaired) electrons. The molecule has 2 fully saturated rings. The van der Waals surface area contributed by atoms with Gasteiger partial charge in [-0.1, -0.05) is 111 Å². The predicted molar refractivity (Wildman–Crippen MR) is 160 cm³/mol. The number of rotatable bonds is 5. The molecule has 0 aromatic heterocycles. The first kappa shape index (κ1) is 24.7. The van der Waals surface area contributed by atoms with Crippen molar-refractivity contribution < 1.29 is 0 Å². The maximum Gasteiger partial charge on any atom is 0.00826 e. The minimum Gasteiger partial charge on any atom is -0.0986 e. The molecule has 4 unspecified atom stereocenters. The van der Waals surface area contributed by atoms with Gasteiger partial charge < -0.3 is 0 Å². The molecule has 0 saturated heterocycles. The Morgan fingerprint density at radius 3 is 2.43 bits per heavy atom. The molecule has 192 valence electrons. The van der Waals surface area contributed by atoms with Crippen molar-refractivity contribution in [3.05, 3.63) is 100 Å². The summed E-state index contributed by atoms with van der Waals surface area (Å²) in [5.41, 5.74) is 14.5. The van der Waals surface area contributed by atoms with Crippen molar-refractivity contribution in [3.8, 4) is 11.1 Å². The highest BCUT2D eigenvalue weighted by molar-refractivity contribution is 5.80. The van der Waals surface area contributed by atoms with Gasteiger partial charge in [-0.2, -0.15) is 0 Å². The predicted octanol–water partition coefficient (Wildman–Crippen LogP) is 9.99. The topological polar surface area (TPSA) is 0 Å². The lowest BCUT2D eigenvalue weighted by molar-refractivity contribution is 0.277. The van der Waals surface area contributed by atoms with Gasteiger partial charge in [-0.25, -0.2) is 0 Å². The van der Waals surface area contributed by atoms with Crippen LogP contribution in [0.4, 0.5) is 0 Å². The summed E-state index contributed by atoms with van der Waals surface area (Å²) in [5.74, 6) is 3.67. The highest BCUT2D eigenvalue weighted by Crippen LogP contribution is 2.48. The van der Waals surface area contributed by atoms with Crippen LogP contribution < -0.4 is 0 Å². The smallest absolute Gasteiger partial charge is 0.00826 e. The number of allylic oxidation sites excluding steroid dienone is 5. The van der Waals surface area contributed by atoms with Gasteiger partial charge in [0.05, 0.1) is 0 Å². The summed E-state index contributed by atoms with van der Waals surface area (Å²) in [7, 11) is 0. The van der Waals surface area contributed by atoms with Crippen LogP contribution in [0.3, 0.4) is 0 Å². The first-order valence-corrected chi connectivity index (χ1v) is 14.8. The lowest BCUT2D eigenvalue weighted by atomic mass is 9.77. The van der Waals surface area contributed by atoms with Gasteiger partial charge in [-0.3, -0.25) is 0 Å². The Kier molecular flexibility index (Phi) is 6.64. The second kappa shape index (κ2) is 9.94. The molecule has 6 rings (SSSR count). The van der Waals surface area contributed by atoms with E-state index in [0.717, 1.165) is 30.6 Å². The van der Waals surface area contributed by atoms with E-state index in [-0.39, 0.29) is 0 Å². The van der Waals surface area contributed by atoms with Gasteiger partial charge in [0.1, 0.15) is 0 Å². The molecule has 0 N–H and O–H groups in total. The molecule has 4 atom stereocenters. The van der Waals surface area contributed by atoms with Crippen LogP contribution in [-0.2, 0) is 12.8 Å². The molecule has 0 aliphatic heterocycles. The van der Waals surface area contributed by atoms with Gasteiger partial charge in [0, 0.05) is 5.92 Å². The van der Waals surface area contributed by atoms with E-state index in [1.807, 2.05) is 0 Å². The largest absolute Gasteiger partial charge is 0.0986 e. The van der Waals surface area contributed by atoms with E-state index < -0.39 is 0 Å². The number of hydrogen-bond donors (Lipinski definition) is 0. The van der Waals surface area contributed by atoms with Crippen LogP contribution >= 0.6 is 0 Å². The van der Waals surface area contributed by atoms with E-state index in [9.17, 15) is 0 Å². The monoisotopic (exact) mass is 488 g/mol. The van der Waals surface area contributed by atoms with Crippen molar-refractivity contribution in [2.24, 2.45) is 29.6 Å². The van der Waals surface area contributed by atoms with Crippen LogP contribution in [0.5, 0.6) is 0 Å². The normalized spacial score (nSPS) is 28.8. The third kappa shape index (κ3) is 4.73. The Bertz CT molecular complexity index is 1280. The second-order valence-electron chi connectivity index (χ2n) is 12.9. The van der Waals surface area contributed by atoms with Gasteiger partial charge in [0.15, 0.2) is 0 Å². The zero-order chi connectivity index (χ0) is 25.7. The fourth-order valence-corrected chi connectivity index (χ4v) is 8.23. The first-order valence-electron chi connectivity index (χ1n) is 14.8. The third-order valence-electron chi connectivity index (χ3n) is 10.3. The molecule has 0 amide bonds. The standard InChI is InChI=1S/C37H44/c1-23-15-26(4)35(21-28-17-30-9-6-7-10-31(30)18-28)37(16-23)33-12-8-11-32-19-29(22-36(32)33)20-34-25(3)14-13-24(2)27(34)5/h8,11-16,19,24,28,30-31,34H,3,5-7,9-10,17-18,20-22H2,1-2,4H3. The lowest BCUT2D eigenvalue weighted by Crippen LogP contribution is -2.15. The molecule has 0 nitrogen and oxygen atoms in total. The summed E-state index contributed by atoms with van der Waals surface area (Å²) < 4.78 is 0. The Hall–Kier alpha value is -2.60. The van der Waals surface area contributed by atoms with Crippen molar-refractivity contribution in [1.82, 2.24) is 0 Å². The molecular weight excluding hydrogens is 444 g/mol. The van der Waals surface area contributed by atoms with Gasteiger partial charge in [-0.15, -0.1) is 0 Å². The van der Waals surface area contributed by atoms with Crippen LogP contribution in [0, 0.1) is 43.4 Å². The average molecular weight is 489 g/mol. The number of hydrogen-bond acceptors (Lipinski definition) is 0. The zero-order valence-corrected chi connectivity index (χ0v) is 23.3. The second-order valence-corrected chi connectivity index (χ2v) is 12.9. The first-order chi connectivity index (χ1) is 17.9. The summed E-state index contributed by atoms with van der Waals surface area (Å²) in [5, 5.41) is 0. The molecular formula is C37H44. The molecule has 4 aliphatic rings. The van der Waals surface area contributed by atoms with E-state index in [1.54, 1.807) is 5.56 Å².